The van der Waals surface area contributed by atoms with Gasteiger partial charge in [-0.2, -0.15) is 9.57 Å². The minimum absolute atomic E-state index is 0.124. The van der Waals surface area contributed by atoms with Crippen LogP contribution in [0.15, 0.2) is 47.4 Å². The Hall–Kier alpha value is -2.40. The van der Waals surface area contributed by atoms with Crippen molar-refractivity contribution < 1.29 is 13.2 Å². The number of carbonyl (C=O) groups is 1. The summed E-state index contributed by atoms with van der Waals surface area (Å²) in [4.78, 5) is 12.7. The van der Waals surface area contributed by atoms with E-state index in [9.17, 15) is 13.2 Å². The molecule has 0 atom stereocenters. The molecule has 1 saturated heterocycles. The number of anilines is 1. The second-order valence-electron chi connectivity index (χ2n) is 6.72. The molecule has 8 heteroatoms. The minimum Gasteiger partial charge on any atom is -0.326 e. The largest absolute Gasteiger partial charge is 0.326 e. The maximum Gasteiger partial charge on any atom is 0.243 e. The smallest absolute Gasteiger partial charge is 0.243 e. The lowest BCUT2D eigenvalue weighted by Crippen LogP contribution is -2.41. The monoisotopic (exact) mass is 417 g/mol. The number of sulfonamides is 1. The topological polar surface area (TPSA) is 90.3 Å². The van der Waals surface area contributed by atoms with Crippen LogP contribution in [0.1, 0.15) is 24.0 Å². The summed E-state index contributed by atoms with van der Waals surface area (Å²) < 4.78 is 26.9. The molecule has 1 amide bonds. The van der Waals surface area contributed by atoms with E-state index in [1.165, 1.54) is 28.6 Å². The molecule has 2 aromatic rings. The number of amides is 1. The van der Waals surface area contributed by atoms with Crippen LogP contribution < -0.4 is 5.32 Å². The van der Waals surface area contributed by atoms with E-state index in [1.54, 1.807) is 18.2 Å². The molecule has 3 rings (SSSR count). The predicted molar refractivity (Wildman–Crippen MR) is 107 cm³/mol. The second kappa shape index (κ2) is 8.31. The average Bonchev–Trinajstić information content (AvgIpc) is 2.71. The first kappa shape index (κ1) is 20.3. The Kier molecular flexibility index (Phi) is 6.04. The Labute approximate surface area is 169 Å². The van der Waals surface area contributed by atoms with Crippen LogP contribution in [0.4, 0.5) is 5.69 Å². The normalized spacial score (nSPS) is 15.8. The van der Waals surface area contributed by atoms with E-state index in [4.69, 9.17) is 16.9 Å². The lowest BCUT2D eigenvalue weighted by atomic mass is 9.97. The second-order valence-corrected chi connectivity index (χ2v) is 9.06. The van der Waals surface area contributed by atoms with Crippen molar-refractivity contribution in [2.75, 3.05) is 18.4 Å². The van der Waals surface area contributed by atoms with Gasteiger partial charge in [-0.05, 0) is 61.7 Å². The highest BCUT2D eigenvalue weighted by atomic mass is 35.5. The van der Waals surface area contributed by atoms with E-state index >= 15 is 0 Å². The molecule has 1 aliphatic rings. The van der Waals surface area contributed by atoms with E-state index < -0.39 is 10.0 Å². The third-order valence-electron chi connectivity index (χ3n) is 4.97. The van der Waals surface area contributed by atoms with Crippen LogP contribution in [0.3, 0.4) is 0 Å². The van der Waals surface area contributed by atoms with Gasteiger partial charge in [0, 0.05) is 29.7 Å². The highest BCUT2D eigenvalue weighted by molar-refractivity contribution is 7.89. The maximum absolute atomic E-state index is 12.8. The van der Waals surface area contributed by atoms with Gasteiger partial charge in [-0.15, -0.1) is 0 Å². The van der Waals surface area contributed by atoms with Gasteiger partial charge in [-0.3, -0.25) is 4.79 Å². The molecule has 1 aliphatic heterocycles. The van der Waals surface area contributed by atoms with Crippen LogP contribution in [0, 0.1) is 24.2 Å². The van der Waals surface area contributed by atoms with Gasteiger partial charge in [0.05, 0.1) is 16.5 Å². The molecule has 1 N–H and O–H groups in total. The molecule has 0 saturated carbocycles. The number of nitrogens with zero attached hydrogens (tertiary/aromatic N) is 2. The zero-order valence-electron chi connectivity index (χ0n) is 15.4. The van der Waals surface area contributed by atoms with Crippen molar-refractivity contribution in [2.24, 2.45) is 5.92 Å². The molecule has 0 aliphatic carbocycles. The number of hydrogen-bond acceptors (Lipinski definition) is 4. The summed E-state index contributed by atoms with van der Waals surface area (Å²) >= 11 is 6.09. The highest BCUT2D eigenvalue weighted by Gasteiger charge is 2.32. The Balaban J connectivity index is 1.64. The number of piperidine rings is 1. The molecule has 0 unspecified atom stereocenters. The molecule has 0 bridgehead atoms. The molecule has 2 aromatic carbocycles. The van der Waals surface area contributed by atoms with Crippen LogP contribution in [-0.2, 0) is 14.8 Å². The van der Waals surface area contributed by atoms with Crippen LogP contribution in [0.2, 0.25) is 5.02 Å². The van der Waals surface area contributed by atoms with Crippen LogP contribution in [0.5, 0.6) is 0 Å². The van der Waals surface area contributed by atoms with Crippen molar-refractivity contribution in [3.63, 3.8) is 0 Å². The van der Waals surface area contributed by atoms with Crippen LogP contribution in [0.25, 0.3) is 0 Å². The molecular weight excluding hydrogens is 398 g/mol. The number of halogens is 1. The van der Waals surface area contributed by atoms with E-state index in [0.29, 0.717) is 29.1 Å². The standard InChI is InChI=1S/C20H20ClN3O3S/c1-14-18(21)3-2-4-19(14)23-20(25)16-9-11-24(12-10-16)28(26,27)17-7-5-15(13-22)6-8-17/h2-8,16H,9-12H2,1H3,(H,23,25). The number of benzene rings is 2. The van der Waals surface area contributed by atoms with Gasteiger partial charge in [0.1, 0.15) is 0 Å². The van der Waals surface area contributed by atoms with Crippen LogP contribution >= 0.6 is 11.6 Å². The average molecular weight is 418 g/mol. The lowest BCUT2D eigenvalue weighted by Gasteiger charge is -2.30. The Morgan fingerprint density at radius 2 is 1.82 bits per heavy atom. The maximum atomic E-state index is 12.8. The summed E-state index contributed by atoms with van der Waals surface area (Å²) in [5.41, 5.74) is 1.88. The van der Waals surface area contributed by atoms with E-state index in [1.807, 2.05) is 13.0 Å². The van der Waals surface area contributed by atoms with Gasteiger partial charge in [0.15, 0.2) is 0 Å². The molecule has 1 heterocycles. The third-order valence-corrected chi connectivity index (χ3v) is 7.29. The molecule has 6 nitrogen and oxygen atoms in total. The third kappa shape index (κ3) is 4.20. The summed E-state index contributed by atoms with van der Waals surface area (Å²) in [6.45, 7) is 2.38. The molecule has 1 fully saturated rings. The fourth-order valence-corrected chi connectivity index (χ4v) is 4.83. The van der Waals surface area contributed by atoms with Crippen molar-refractivity contribution in [3.05, 3.63) is 58.6 Å². The van der Waals surface area contributed by atoms with Crippen molar-refractivity contribution in [3.8, 4) is 6.07 Å². The summed E-state index contributed by atoms with van der Waals surface area (Å²) in [5, 5.41) is 12.3. The fourth-order valence-electron chi connectivity index (χ4n) is 3.19. The van der Waals surface area contributed by atoms with Gasteiger partial charge >= 0.3 is 0 Å². The van der Waals surface area contributed by atoms with Gasteiger partial charge in [0.25, 0.3) is 0 Å². The van der Waals surface area contributed by atoms with E-state index in [0.717, 1.165) is 5.56 Å². The summed E-state index contributed by atoms with van der Waals surface area (Å²) in [6, 6.07) is 13.2. The summed E-state index contributed by atoms with van der Waals surface area (Å²) in [5.74, 6) is -0.383. The Morgan fingerprint density at radius 1 is 1.18 bits per heavy atom. The van der Waals surface area contributed by atoms with Crippen LogP contribution in [-0.4, -0.2) is 31.7 Å². The van der Waals surface area contributed by atoms with E-state index in [2.05, 4.69) is 5.32 Å². The summed E-state index contributed by atoms with van der Waals surface area (Å²) in [7, 11) is -3.63. The van der Waals surface area contributed by atoms with Crippen molar-refractivity contribution in [1.29, 1.82) is 5.26 Å². The lowest BCUT2D eigenvalue weighted by molar-refractivity contribution is -0.120. The molecule has 28 heavy (non-hydrogen) atoms. The Bertz CT molecular complexity index is 1020. The first-order valence-electron chi connectivity index (χ1n) is 8.89. The quantitative estimate of drug-likeness (QED) is 0.823. The van der Waals surface area contributed by atoms with Gasteiger partial charge in [-0.25, -0.2) is 8.42 Å². The first-order chi connectivity index (χ1) is 13.3. The molecule has 0 radical (unpaired) electrons. The van der Waals surface area contributed by atoms with Crippen molar-refractivity contribution in [2.45, 2.75) is 24.7 Å². The van der Waals surface area contributed by atoms with Crippen molar-refractivity contribution >= 4 is 33.2 Å². The summed E-state index contributed by atoms with van der Waals surface area (Å²) in [6.07, 6.45) is 0.891. The fraction of sp³-hybridized carbons (Fsp3) is 0.300. The number of nitriles is 1. The minimum atomic E-state index is -3.63. The highest BCUT2D eigenvalue weighted by Crippen LogP contribution is 2.27. The first-order valence-corrected chi connectivity index (χ1v) is 10.7. The molecule has 0 spiro atoms. The number of rotatable bonds is 4. The molecule has 0 aromatic heterocycles. The van der Waals surface area contributed by atoms with Gasteiger partial charge in [-0.1, -0.05) is 17.7 Å². The van der Waals surface area contributed by atoms with Gasteiger partial charge in [0.2, 0.25) is 15.9 Å². The number of carbonyl (C=O) groups excluding carboxylic acids is 1. The zero-order valence-corrected chi connectivity index (χ0v) is 16.9. The predicted octanol–water partition coefficient (Wildman–Crippen LogP) is 3.56. The number of nitrogens with one attached hydrogen (secondary N) is 1. The number of hydrogen-bond donors (Lipinski definition) is 1. The molecular formula is C20H20ClN3O3S. The van der Waals surface area contributed by atoms with Gasteiger partial charge < -0.3 is 5.32 Å². The molecule has 146 valence electrons. The van der Waals surface area contributed by atoms with E-state index in [-0.39, 0.29) is 29.8 Å². The zero-order chi connectivity index (χ0) is 20.3. The Morgan fingerprint density at radius 3 is 2.43 bits per heavy atom. The van der Waals surface area contributed by atoms with Crippen molar-refractivity contribution in [1.82, 2.24) is 4.31 Å². The SMILES string of the molecule is Cc1c(Cl)cccc1NC(=O)C1CCN(S(=O)(=O)c2ccc(C#N)cc2)CC1.